The van der Waals surface area contributed by atoms with Gasteiger partial charge in [-0.1, -0.05) is 0 Å². The van der Waals surface area contributed by atoms with Crippen LogP contribution in [0.25, 0.3) is 0 Å². The highest BCUT2D eigenvalue weighted by atomic mass is 16.6. The van der Waals surface area contributed by atoms with Crippen LogP contribution in [0.5, 0.6) is 0 Å². The molecule has 1 saturated carbocycles. The predicted molar refractivity (Wildman–Crippen MR) is 63.2 cm³/mol. The number of hydrazone groups is 1. The maximum atomic E-state index is 11.8. The van der Waals surface area contributed by atoms with E-state index < -0.39 is 4.92 Å². The Balaban J connectivity index is 1.85. The number of nitrogens with zero attached hydrogens (tertiary/aromatic N) is 4. The summed E-state index contributed by atoms with van der Waals surface area (Å²) in [5.41, 5.74) is 0.803. The van der Waals surface area contributed by atoms with Gasteiger partial charge in [-0.2, -0.15) is 10.1 Å². The molecule has 1 aliphatic carbocycles. The van der Waals surface area contributed by atoms with Gasteiger partial charge in [-0.25, -0.2) is 4.98 Å². The summed E-state index contributed by atoms with van der Waals surface area (Å²) in [7, 11) is 0. The van der Waals surface area contributed by atoms with Crippen molar-refractivity contribution >= 4 is 23.1 Å². The number of aromatic nitrogens is 1. The quantitative estimate of drug-likeness (QED) is 0.597. The zero-order valence-electron chi connectivity index (χ0n) is 9.44. The number of rotatable bonds is 3. The van der Waals surface area contributed by atoms with E-state index in [-0.39, 0.29) is 11.6 Å². The fourth-order valence-corrected chi connectivity index (χ4v) is 1.88. The molecule has 0 atom stereocenters. The third-order valence-corrected chi connectivity index (χ3v) is 3.01. The van der Waals surface area contributed by atoms with E-state index in [0.717, 1.165) is 24.8 Å². The van der Waals surface area contributed by atoms with Crippen LogP contribution in [0.1, 0.15) is 19.3 Å². The number of amides is 1. The average molecular weight is 246 g/mol. The standard InChI is InChI=1S/C11H10N4O3/c16-11-5-9(7-1-2-7)13-14(11)10-4-3-8(6-12-10)15(17)18/h3-4,6-7H,1-2,5H2. The highest BCUT2D eigenvalue weighted by molar-refractivity contribution is 6.13. The van der Waals surface area contributed by atoms with Gasteiger partial charge in [0.15, 0.2) is 5.82 Å². The van der Waals surface area contributed by atoms with Gasteiger partial charge >= 0.3 is 0 Å². The Labute approximate surface area is 102 Å². The van der Waals surface area contributed by atoms with E-state index >= 15 is 0 Å². The van der Waals surface area contributed by atoms with Crippen molar-refractivity contribution in [2.45, 2.75) is 19.3 Å². The molecular formula is C11H10N4O3. The fourth-order valence-electron chi connectivity index (χ4n) is 1.88. The smallest absolute Gasteiger partial charge is 0.272 e. The van der Waals surface area contributed by atoms with Crippen molar-refractivity contribution in [1.29, 1.82) is 0 Å². The molecule has 0 radical (unpaired) electrons. The summed E-state index contributed by atoms with van der Waals surface area (Å²) in [4.78, 5) is 25.7. The van der Waals surface area contributed by atoms with Crippen molar-refractivity contribution in [2.24, 2.45) is 11.0 Å². The van der Waals surface area contributed by atoms with Gasteiger partial charge in [0, 0.05) is 6.07 Å². The van der Waals surface area contributed by atoms with E-state index in [4.69, 9.17) is 0 Å². The highest BCUT2D eigenvalue weighted by Crippen LogP contribution is 2.35. The summed E-state index contributed by atoms with van der Waals surface area (Å²) in [6, 6.07) is 2.76. The first kappa shape index (κ1) is 10.8. The van der Waals surface area contributed by atoms with Gasteiger partial charge < -0.3 is 0 Å². The molecule has 1 fully saturated rings. The fraction of sp³-hybridized carbons (Fsp3) is 0.364. The summed E-state index contributed by atoms with van der Waals surface area (Å²) in [6.07, 6.45) is 3.65. The summed E-state index contributed by atoms with van der Waals surface area (Å²) in [5.74, 6) is 0.650. The number of hydrogen-bond acceptors (Lipinski definition) is 5. The second-order valence-corrected chi connectivity index (χ2v) is 4.38. The van der Waals surface area contributed by atoms with Crippen molar-refractivity contribution in [3.63, 3.8) is 0 Å². The lowest BCUT2D eigenvalue weighted by Crippen LogP contribution is -2.20. The van der Waals surface area contributed by atoms with Crippen molar-refractivity contribution < 1.29 is 9.72 Å². The van der Waals surface area contributed by atoms with Gasteiger partial charge in [-0.15, -0.1) is 0 Å². The van der Waals surface area contributed by atoms with E-state index in [2.05, 4.69) is 10.1 Å². The first-order chi connectivity index (χ1) is 8.65. The molecule has 0 bridgehead atoms. The Morgan fingerprint density at radius 3 is 2.72 bits per heavy atom. The van der Waals surface area contributed by atoms with Crippen molar-refractivity contribution in [2.75, 3.05) is 5.01 Å². The van der Waals surface area contributed by atoms with Crippen molar-refractivity contribution in [3.8, 4) is 0 Å². The van der Waals surface area contributed by atoms with Crippen molar-refractivity contribution in [3.05, 3.63) is 28.4 Å². The van der Waals surface area contributed by atoms with Crippen LogP contribution in [0, 0.1) is 16.0 Å². The number of carbonyl (C=O) groups is 1. The van der Waals surface area contributed by atoms with Crippen molar-refractivity contribution in [1.82, 2.24) is 4.98 Å². The van der Waals surface area contributed by atoms with Crippen LogP contribution < -0.4 is 5.01 Å². The lowest BCUT2D eigenvalue weighted by molar-refractivity contribution is -0.385. The zero-order valence-corrected chi connectivity index (χ0v) is 9.44. The molecule has 0 unspecified atom stereocenters. The third kappa shape index (κ3) is 1.83. The molecule has 0 spiro atoms. The average Bonchev–Trinajstić information content (AvgIpc) is 3.13. The summed E-state index contributed by atoms with van der Waals surface area (Å²) in [6.45, 7) is 0. The van der Waals surface area contributed by atoms with Crippen LogP contribution in [0.4, 0.5) is 11.5 Å². The molecule has 1 aromatic heterocycles. The Bertz CT molecular complexity index is 548. The molecule has 7 nitrogen and oxygen atoms in total. The largest absolute Gasteiger partial charge is 0.287 e. The highest BCUT2D eigenvalue weighted by Gasteiger charge is 2.35. The number of pyridine rings is 1. The van der Waals surface area contributed by atoms with Gasteiger partial charge in [0.2, 0.25) is 0 Å². The van der Waals surface area contributed by atoms with E-state index in [1.54, 1.807) is 0 Å². The summed E-state index contributed by atoms with van der Waals surface area (Å²) < 4.78 is 0. The van der Waals surface area contributed by atoms with Crippen LogP contribution in [0.2, 0.25) is 0 Å². The van der Waals surface area contributed by atoms with E-state index in [1.807, 2.05) is 0 Å². The first-order valence-corrected chi connectivity index (χ1v) is 5.66. The third-order valence-electron chi connectivity index (χ3n) is 3.01. The minimum atomic E-state index is -0.526. The van der Waals surface area contributed by atoms with Gasteiger partial charge in [-0.3, -0.25) is 14.9 Å². The summed E-state index contributed by atoms with van der Waals surface area (Å²) in [5, 5.41) is 16.0. The van der Waals surface area contributed by atoms with Crippen LogP contribution >= 0.6 is 0 Å². The maximum Gasteiger partial charge on any atom is 0.287 e. The zero-order chi connectivity index (χ0) is 12.7. The molecule has 92 valence electrons. The Hall–Kier alpha value is -2.31. The molecule has 1 aromatic rings. The Morgan fingerprint density at radius 2 is 2.17 bits per heavy atom. The van der Waals surface area contributed by atoms with Crippen LogP contribution in [-0.2, 0) is 4.79 Å². The first-order valence-electron chi connectivity index (χ1n) is 5.66. The number of carbonyl (C=O) groups excluding carboxylic acids is 1. The number of nitro groups is 1. The maximum absolute atomic E-state index is 11.8. The molecule has 0 saturated heterocycles. The second kappa shape index (κ2) is 3.86. The monoisotopic (exact) mass is 246 g/mol. The molecule has 1 aliphatic heterocycles. The van der Waals surface area contributed by atoms with E-state index in [0.29, 0.717) is 18.2 Å². The molecule has 7 heteroatoms. The van der Waals surface area contributed by atoms with Crippen LogP contribution in [0.15, 0.2) is 23.4 Å². The van der Waals surface area contributed by atoms with E-state index in [9.17, 15) is 14.9 Å². The van der Waals surface area contributed by atoms with Gasteiger partial charge in [0.1, 0.15) is 6.20 Å². The Morgan fingerprint density at radius 1 is 1.39 bits per heavy atom. The number of hydrogen-bond donors (Lipinski definition) is 0. The summed E-state index contributed by atoms with van der Waals surface area (Å²) >= 11 is 0. The molecule has 3 rings (SSSR count). The normalized spacial score (nSPS) is 19.0. The Kier molecular flexibility index (Phi) is 2.32. The van der Waals surface area contributed by atoms with Gasteiger partial charge in [0.05, 0.1) is 17.1 Å². The molecule has 2 aliphatic rings. The molecular weight excluding hydrogens is 236 g/mol. The molecule has 0 N–H and O–H groups in total. The molecule has 0 aromatic carbocycles. The van der Waals surface area contributed by atoms with Gasteiger partial charge in [-0.05, 0) is 24.8 Å². The predicted octanol–water partition coefficient (Wildman–Crippen LogP) is 1.49. The SMILES string of the molecule is O=C1CC(C2CC2)=NN1c1ccc([N+](=O)[O-])cn1. The second-order valence-electron chi connectivity index (χ2n) is 4.38. The minimum absolute atomic E-state index is 0.100. The number of anilines is 1. The van der Waals surface area contributed by atoms with Crippen LogP contribution in [0.3, 0.4) is 0 Å². The minimum Gasteiger partial charge on any atom is -0.272 e. The van der Waals surface area contributed by atoms with Crippen LogP contribution in [-0.4, -0.2) is 21.5 Å². The van der Waals surface area contributed by atoms with Gasteiger partial charge in [0.25, 0.3) is 11.6 Å². The molecule has 18 heavy (non-hydrogen) atoms. The lowest BCUT2D eigenvalue weighted by atomic mass is 10.2. The van der Waals surface area contributed by atoms with E-state index in [1.165, 1.54) is 17.1 Å². The molecule has 2 heterocycles. The lowest BCUT2D eigenvalue weighted by Gasteiger charge is -2.09. The molecule has 1 amide bonds. The topological polar surface area (TPSA) is 88.7 Å².